The van der Waals surface area contributed by atoms with Crippen LogP contribution in [0.3, 0.4) is 0 Å². The van der Waals surface area contributed by atoms with Crippen molar-refractivity contribution in [2.45, 2.75) is 109 Å². The Balaban J connectivity index is 2.90. The number of benzene rings is 1. The molecule has 0 aliphatic rings. The van der Waals surface area contributed by atoms with Crippen molar-refractivity contribution in [3.05, 3.63) is 29.8 Å². The van der Waals surface area contributed by atoms with Crippen molar-refractivity contribution >= 4 is 38.2 Å². The Morgan fingerprint density at radius 3 is 1.76 bits per heavy atom. The van der Waals surface area contributed by atoms with E-state index >= 15 is 0 Å². The topological polar surface area (TPSA) is 120 Å². The van der Waals surface area contributed by atoms with Gasteiger partial charge in [0.1, 0.15) is 31.7 Å². The third kappa shape index (κ3) is 15.6. The molecule has 0 aliphatic carbocycles. The zero-order valence-electron chi connectivity index (χ0n) is 27.5. The summed E-state index contributed by atoms with van der Waals surface area (Å²) in [6, 6.07) is 7.12. The Hall–Kier alpha value is -1.78. The third-order valence-corrected chi connectivity index (χ3v) is 11.2. The maximum atomic E-state index is 13.5. The standard InChI is InChI=1S/C29H54N2O8SSi2/c1-23(2)26(30-28(33)39-29(3,4)5)27(32)38-20-24-12-14-25(15-13-24)40(34,35)31(21-36-16-18-41(6,7)8)22-37-17-19-42(9,10)11/h12-15,23,26H,16-22H2,1-11H3,(H,30,33). The summed E-state index contributed by atoms with van der Waals surface area (Å²) < 4.78 is 50.5. The molecule has 0 saturated heterocycles. The Labute approximate surface area is 255 Å². The molecule has 242 valence electrons. The van der Waals surface area contributed by atoms with Crippen molar-refractivity contribution in [1.82, 2.24) is 9.62 Å². The molecule has 1 aromatic rings. The second kappa shape index (κ2) is 16.3. The summed E-state index contributed by atoms with van der Waals surface area (Å²) in [6.45, 7) is 22.9. The fourth-order valence-electron chi connectivity index (χ4n) is 3.35. The molecule has 0 heterocycles. The number of carbonyl (C=O) groups excluding carboxylic acids is 2. The summed E-state index contributed by atoms with van der Waals surface area (Å²) >= 11 is 0. The average molecular weight is 647 g/mol. The van der Waals surface area contributed by atoms with Gasteiger partial charge in [-0.1, -0.05) is 65.3 Å². The van der Waals surface area contributed by atoms with E-state index < -0.39 is 49.9 Å². The molecule has 10 nitrogen and oxygen atoms in total. The summed E-state index contributed by atoms with van der Waals surface area (Å²) in [4.78, 5) is 25.0. The van der Waals surface area contributed by atoms with Crippen LogP contribution in [0.25, 0.3) is 0 Å². The van der Waals surface area contributed by atoms with E-state index in [0.717, 1.165) is 12.1 Å². The number of ether oxygens (including phenoxy) is 4. The van der Waals surface area contributed by atoms with E-state index in [9.17, 15) is 18.0 Å². The van der Waals surface area contributed by atoms with E-state index in [1.54, 1.807) is 46.8 Å². The predicted molar refractivity (Wildman–Crippen MR) is 171 cm³/mol. The number of hydrogen-bond donors (Lipinski definition) is 1. The SMILES string of the molecule is CC(C)C(NC(=O)OC(C)(C)C)C(=O)OCc1ccc(S(=O)(=O)N(COCC[Si](C)(C)C)COCC[Si](C)(C)C)cc1. The maximum absolute atomic E-state index is 13.5. The second-order valence-corrected chi connectivity index (χ2v) is 27.5. The molecule has 0 aliphatic heterocycles. The van der Waals surface area contributed by atoms with Crippen molar-refractivity contribution < 1.29 is 37.0 Å². The van der Waals surface area contributed by atoms with Crippen LogP contribution in [0.5, 0.6) is 0 Å². The molecule has 42 heavy (non-hydrogen) atoms. The molecule has 0 radical (unpaired) electrons. The van der Waals surface area contributed by atoms with Gasteiger partial charge >= 0.3 is 12.1 Å². The van der Waals surface area contributed by atoms with Gasteiger partial charge in [0.2, 0.25) is 10.0 Å². The monoisotopic (exact) mass is 646 g/mol. The maximum Gasteiger partial charge on any atom is 0.408 e. The van der Waals surface area contributed by atoms with E-state index in [2.05, 4.69) is 44.6 Å². The van der Waals surface area contributed by atoms with Crippen molar-refractivity contribution in [3.8, 4) is 0 Å². The van der Waals surface area contributed by atoms with Gasteiger partial charge in [-0.05, 0) is 56.5 Å². The van der Waals surface area contributed by atoms with Gasteiger partial charge in [-0.2, -0.15) is 0 Å². The number of amides is 1. The first-order valence-corrected chi connectivity index (χ1v) is 23.4. The van der Waals surface area contributed by atoms with Gasteiger partial charge in [0.25, 0.3) is 0 Å². The number of hydrogen-bond acceptors (Lipinski definition) is 8. The van der Waals surface area contributed by atoms with Crippen LogP contribution in [0.4, 0.5) is 4.79 Å². The zero-order chi connectivity index (χ0) is 32.4. The first-order chi connectivity index (χ1) is 19.1. The van der Waals surface area contributed by atoms with Gasteiger partial charge < -0.3 is 24.3 Å². The first-order valence-electron chi connectivity index (χ1n) is 14.5. The Kier molecular flexibility index (Phi) is 14.9. The van der Waals surface area contributed by atoms with Gasteiger partial charge in [0.15, 0.2) is 0 Å². The van der Waals surface area contributed by atoms with E-state index in [4.69, 9.17) is 18.9 Å². The normalized spacial score (nSPS) is 13.7. The minimum absolute atomic E-state index is 0.0816. The van der Waals surface area contributed by atoms with Crippen molar-refractivity contribution in [3.63, 3.8) is 0 Å². The largest absolute Gasteiger partial charge is 0.459 e. The summed E-state index contributed by atoms with van der Waals surface area (Å²) in [5.74, 6) is -0.839. The third-order valence-electron chi connectivity index (χ3n) is 6.00. The lowest BCUT2D eigenvalue weighted by Gasteiger charge is -2.25. The molecule has 0 aromatic heterocycles. The molecule has 1 unspecified atom stereocenters. The van der Waals surface area contributed by atoms with Crippen LogP contribution in [0.2, 0.25) is 51.4 Å². The first kappa shape index (κ1) is 38.2. The lowest BCUT2D eigenvalue weighted by molar-refractivity contribution is -0.148. The quantitative estimate of drug-likeness (QED) is 0.0962. The number of esters is 1. The number of nitrogens with one attached hydrogen (secondary N) is 1. The highest BCUT2D eigenvalue weighted by molar-refractivity contribution is 7.89. The average Bonchev–Trinajstić information content (AvgIpc) is 2.82. The van der Waals surface area contributed by atoms with Crippen LogP contribution in [0.1, 0.15) is 40.2 Å². The fraction of sp³-hybridized carbons (Fsp3) is 0.724. The minimum Gasteiger partial charge on any atom is -0.459 e. The van der Waals surface area contributed by atoms with E-state index in [0.29, 0.717) is 18.8 Å². The molecule has 1 rings (SSSR count). The molecule has 13 heteroatoms. The molecule has 1 amide bonds. The number of alkyl carbamates (subject to hydrolysis) is 1. The van der Waals surface area contributed by atoms with Crippen LogP contribution in [0.15, 0.2) is 29.2 Å². The minimum atomic E-state index is -3.90. The Bertz CT molecular complexity index is 1070. The number of rotatable bonds is 17. The van der Waals surface area contributed by atoms with Gasteiger partial charge in [0, 0.05) is 29.4 Å². The molecule has 0 bridgehead atoms. The highest BCUT2D eigenvalue weighted by Gasteiger charge is 2.29. The molecular weight excluding hydrogens is 593 g/mol. The van der Waals surface area contributed by atoms with Gasteiger partial charge in [-0.15, -0.1) is 4.31 Å². The summed E-state index contributed by atoms with van der Waals surface area (Å²) in [7, 11) is -6.55. The van der Waals surface area contributed by atoms with Gasteiger partial charge in [0.05, 0.1) is 4.90 Å². The number of nitrogens with zero attached hydrogens (tertiary/aromatic N) is 1. The Morgan fingerprint density at radius 1 is 0.881 bits per heavy atom. The summed E-state index contributed by atoms with van der Waals surface area (Å²) in [5.41, 5.74) is -0.0979. The molecule has 0 fully saturated rings. The smallest absolute Gasteiger partial charge is 0.408 e. The molecule has 0 spiro atoms. The Morgan fingerprint density at radius 2 is 1.36 bits per heavy atom. The summed E-state index contributed by atoms with van der Waals surface area (Å²) in [6.07, 6.45) is -0.703. The van der Waals surface area contributed by atoms with Crippen LogP contribution in [-0.4, -0.2) is 79.3 Å². The molecule has 1 aromatic carbocycles. The fourth-order valence-corrected chi connectivity index (χ4v) is 6.07. The number of carbonyl (C=O) groups is 2. The van der Waals surface area contributed by atoms with E-state index in [1.807, 2.05) is 0 Å². The molecular formula is C29H54N2O8SSi2. The summed E-state index contributed by atoms with van der Waals surface area (Å²) in [5, 5.41) is 2.57. The highest BCUT2D eigenvalue weighted by Crippen LogP contribution is 2.19. The molecule has 1 N–H and O–H groups in total. The van der Waals surface area contributed by atoms with E-state index in [1.165, 1.54) is 16.4 Å². The lowest BCUT2D eigenvalue weighted by atomic mass is 10.1. The van der Waals surface area contributed by atoms with Gasteiger partial charge in [-0.3, -0.25) is 0 Å². The van der Waals surface area contributed by atoms with Crippen LogP contribution in [0, 0.1) is 5.92 Å². The van der Waals surface area contributed by atoms with Crippen LogP contribution in [-0.2, 0) is 40.4 Å². The van der Waals surface area contributed by atoms with Gasteiger partial charge in [-0.25, -0.2) is 18.0 Å². The van der Waals surface area contributed by atoms with Crippen LogP contribution < -0.4 is 5.32 Å². The van der Waals surface area contributed by atoms with Crippen LogP contribution >= 0.6 is 0 Å². The second-order valence-electron chi connectivity index (χ2n) is 14.3. The highest BCUT2D eigenvalue weighted by atomic mass is 32.2. The predicted octanol–water partition coefficient (Wildman–Crippen LogP) is 5.89. The molecule has 0 saturated carbocycles. The zero-order valence-corrected chi connectivity index (χ0v) is 30.4. The lowest BCUT2D eigenvalue weighted by Crippen LogP contribution is -2.47. The van der Waals surface area contributed by atoms with Crippen molar-refractivity contribution in [1.29, 1.82) is 0 Å². The van der Waals surface area contributed by atoms with E-state index in [-0.39, 0.29) is 30.9 Å². The number of sulfonamides is 1. The van der Waals surface area contributed by atoms with Crippen molar-refractivity contribution in [2.75, 3.05) is 26.7 Å². The van der Waals surface area contributed by atoms with Crippen molar-refractivity contribution in [2.24, 2.45) is 5.92 Å². The molecule has 1 atom stereocenters.